The zero-order valence-electron chi connectivity index (χ0n) is 12.3. The fourth-order valence-electron chi connectivity index (χ4n) is 2.99. The molecule has 0 amide bonds. The minimum Gasteiger partial charge on any atom is -0.392 e. The van der Waals surface area contributed by atoms with Crippen molar-refractivity contribution in [2.75, 3.05) is 0 Å². The Morgan fingerprint density at radius 2 is 2.32 bits per heavy atom. The van der Waals surface area contributed by atoms with E-state index in [2.05, 4.69) is 9.97 Å². The zero-order chi connectivity index (χ0) is 15.5. The van der Waals surface area contributed by atoms with Gasteiger partial charge < -0.3 is 14.8 Å². The molecule has 2 N–H and O–H groups in total. The SMILES string of the molecule is CC1(C)Cc2nc3sc4c(=O)[nH]cnc4c3c(CO)c2CO1. The number of aromatic nitrogens is 3. The fourth-order valence-corrected chi connectivity index (χ4v) is 4.06. The molecule has 3 aromatic rings. The van der Waals surface area contributed by atoms with Crippen LogP contribution >= 0.6 is 11.3 Å². The van der Waals surface area contributed by atoms with Crippen LogP contribution in [0.2, 0.25) is 0 Å². The van der Waals surface area contributed by atoms with Crippen molar-refractivity contribution in [3.63, 3.8) is 0 Å². The summed E-state index contributed by atoms with van der Waals surface area (Å²) in [5, 5.41) is 10.7. The molecule has 0 spiro atoms. The summed E-state index contributed by atoms with van der Waals surface area (Å²) in [5.41, 5.74) is 2.80. The molecule has 0 unspecified atom stereocenters. The molecule has 114 valence electrons. The van der Waals surface area contributed by atoms with Crippen LogP contribution in [-0.2, 0) is 24.4 Å². The number of fused-ring (bicyclic) bond motifs is 4. The molecule has 0 saturated heterocycles. The summed E-state index contributed by atoms with van der Waals surface area (Å²) >= 11 is 1.32. The Bertz CT molecular complexity index is 958. The Balaban J connectivity index is 2.13. The van der Waals surface area contributed by atoms with Crippen LogP contribution in [-0.4, -0.2) is 25.7 Å². The van der Waals surface area contributed by atoms with Gasteiger partial charge in [-0.05, 0) is 19.4 Å². The number of hydrogen-bond acceptors (Lipinski definition) is 6. The topological polar surface area (TPSA) is 88.1 Å². The summed E-state index contributed by atoms with van der Waals surface area (Å²) in [6.45, 7) is 4.35. The normalized spacial score (nSPS) is 17.0. The molecule has 22 heavy (non-hydrogen) atoms. The van der Waals surface area contributed by atoms with Gasteiger partial charge in [0.1, 0.15) is 9.53 Å². The van der Waals surface area contributed by atoms with E-state index in [9.17, 15) is 9.90 Å². The van der Waals surface area contributed by atoms with Gasteiger partial charge in [-0.2, -0.15) is 0 Å². The van der Waals surface area contributed by atoms with Gasteiger partial charge in [0.05, 0.1) is 36.4 Å². The first-order valence-electron chi connectivity index (χ1n) is 7.05. The van der Waals surface area contributed by atoms with Crippen molar-refractivity contribution in [3.05, 3.63) is 33.5 Å². The van der Waals surface area contributed by atoms with E-state index in [0.29, 0.717) is 23.2 Å². The number of aliphatic hydroxyl groups is 1. The van der Waals surface area contributed by atoms with Crippen LogP contribution < -0.4 is 5.56 Å². The zero-order valence-corrected chi connectivity index (χ0v) is 13.1. The van der Waals surface area contributed by atoms with Gasteiger partial charge in [-0.25, -0.2) is 9.97 Å². The number of ether oxygens (including phenoxy) is 1. The van der Waals surface area contributed by atoms with Gasteiger partial charge in [-0.15, -0.1) is 11.3 Å². The maximum atomic E-state index is 12.0. The van der Waals surface area contributed by atoms with Gasteiger partial charge >= 0.3 is 0 Å². The number of nitrogens with zero attached hydrogens (tertiary/aromatic N) is 2. The van der Waals surface area contributed by atoms with Crippen molar-refractivity contribution in [3.8, 4) is 0 Å². The molecule has 1 aliphatic heterocycles. The number of thiophene rings is 1. The smallest absolute Gasteiger partial charge is 0.268 e. The molecule has 0 bridgehead atoms. The quantitative estimate of drug-likeness (QED) is 0.715. The minimum absolute atomic E-state index is 0.120. The van der Waals surface area contributed by atoms with Gasteiger partial charge in [-0.1, -0.05) is 0 Å². The van der Waals surface area contributed by atoms with Gasteiger partial charge in [0.15, 0.2) is 0 Å². The van der Waals surface area contributed by atoms with Crippen LogP contribution in [0.25, 0.3) is 20.4 Å². The van der Waals surface area contributed by atoms with Crippen molar-refractivity contribution >= 4 is 31.8 Å². The molecule has 0 aromatic carbocycles. The van der Waals surface area contributed by atoms with Gasteiger partial charge in [-0.3, -0.25) is 4.79 Å². The third-order valence-electron chi connectivity index (χ3n) is 4.07. The molecular weight excluding hydrogens is 302 g/mol. The molecular formula is C15H15N3O3S. The van der Waals surface area contributed by atoms with E-state index >= 15 is 0 Å². The Kier molecular flexibility index (Phi) is 2.87. The molecule has 6 nitrogen and oxygen atoms in total. The highest BCUT2D eigenvalue weighted by molar-refractivity contribution is 7.25. The van der Waals surface area contributed by atoms with Crippen LogP contribution in [0.1, 0.15) is 30.7 Å². The lowest BCUT2D eigenvalue weighted by molar-refractivity contribution is -0.0418. The number of rotatable bonds is 1. The molecule has 4 heterocycles. The number of hydrogen-bond donors (Lipinski definition) is 2. The third kappa shape index (κ3) is 1.89. The van der Waals surface area contributed by atoms with Crippen LogP contribution in [0.15, 0.2) is 11.1 Å². The molecule has 1 aliphatic rings. The number of aromatic amines is 1. The van der Waals surface area contributed by atoms with Gasteiger partial charge in [0.2, 0.25) is 0 Å². The second-order valence-corrected chi connectivity index (χ2v) is 7.09. The first-order valence-corrected chi connectivity index (χ1v) is 7.87. The largest absolute Gasteiger partial charge is 0.392 e. The Hall–Kier alpha value is -1.83. The van der Waals surface area contributed by atoms with Crippen LogP contribution in [0, 0.1) is 0 Å². The average Bonchev–Trinajstić information content (AvgIpc) is 2.83. The predicted octanol–water partition coefficient (Wildman–Crippen LogP) is 1.88. The standard InChI is InChI=1S/C15H15N3O3S/c1-15(2)3-9-8(5-21-15)7(4-19)10-11-12(22-14(10)18-9)13(20)17-6-16-11/h6,19H,3-5H2,1-2H3,(H,16,17,20). The van der Waals surface area contributed by atoms with Crippen molar-refractivity contribution in [2.24, 2.45) is 0 Å². The highest BCUT2D eigenvalue weighted by Gasteiger charge is 2.30. The number of pyridine rings is 1. The van der Waals surface area contributed by atoms with E-state index in [0.717, 1.165) is 27.0 Å². The van der Waals surface area contributed by atoms with Crippen LogP contribution in [0.5, 0.6) is 0 Å². The molecule has 3 aromatic heterocycles. The summed E-state index contributed by atoms with van der Waals surface area (Å²) < 4.78 is 6.40. The number of aliphatic hydroxyl groups excluding tert-OH is 1. The van der Waals surface area contributed by atoms with E-state index in [1.807, 2.05) is 13.8 Å². The average molecular weight is 317 g/mol. The molecule has 4 rings (SSSR count). The molecule has 0 radical (unpaired) electrons. The highest BCUT2D eigenvalue weighted by Crippen LogP contribution is 2.37. The van der Waals surface area contributed by atoms with E-state index in [4.69, 9.17) is 9.72 Å². The Morgan fingerprint density at radius 1 is 1.50 bits per heavy atom. The van der Waals surface area contributed by atoms with Crippen molar-refractivity contribution < 1.29 is 9.84 Å². The minimum atomic E-state index is -0.271. The monoisotopic (exact) mass is 317 g/mol. The lowest BCUT2D eigenvalue weighted by Crippen LogP contribution is -2.33. The summed E-state index contributed by atoms with van der Waals surface area (Å²) in [4.78, 5) is 24.3. The summed E-state index contributed by atoms with van der Waals surface area (Å²) in [6, 6.07) is 0. The van der Waals surface area contributed by atoms with E-state index < -0.39 is 0 Å². The predicted molar refractivity (Wildman–Crippen MR) is 84.0 cm³/mol. The first kappa shape index (κ1) is 13.8. The second-order valence-electron chi connectivity index (χ2n) is 6.09. The van der Waals surface area contributed by atoms with Crippen molar-refractivity contribution in [1.82, 2.24) is 15.0 Å². The highest BCUT2D eigenvalue weighted by atomic mass is 32.1. The van der Waals surface area contributed by atoms with E-state index in [-0.39, 0.29) is 17.8 Å². The molecule has 7 heteroatoms. The number of H-pyrrole nitrogens is 1. The van der Waals surface area contributed by atoms with E-state index in [1.165, 1.54) is 17.7 Å². The maximum Gasteiger partial charge on any atom is 0.268 e. The summed E-state index contributed by atoms with van der Waals surface area (Å²) in [5.74, 6) is 0. The lowest BCUT2D eigenvalue weighted by atomic mass is 9.92. The maximum absolute atomic E-state index is 12.0. The van der Waals surface area contributed by atoms with Crippen LogP contribution in [0.4, 0.5) is 0 Å². The Labute approximate surface area is 129 Å². The van der Waals surface area contributed by atoms with Crippen LogP contribution in [0.3, 0.4) is 0 Å². The first-order chi connectivity index (χ1) is 10.5. The molecule has 0 aliphatic carbocycles. The molecule has 0 atom stereocenters. The second kappa shape index (κ2) is 4.58. The molecule has 0 fully saturated rings. The molecule has 0 saturated carbocycles. The van der Waals surface area contributed by atoms with Crippen molar-refractivity contribution in [2.45, 2.75) is 39.1 Å². The van der Waals surface area contributed by atoms with E-state index in [1.54, 1.807) is 0 Å². The summed E-state index contributed by atoms with van der Waals surface area (Å²) in [6.07, 6.45) is 2.07. The van der Waals surface area contributed by atoms with Gasteiger partial charge in [0.25, 0.3) is 5.56 Å². The van der Waals surface area contributed by atoms with Crippen molar-refractivity contribution in [1.29, 1.82) is 0 Å². The van der Waals surface area contributed by atoms with Gasteiger partial charge in [0, 0.05) is 17.4 Å². The fraction of sp³-hybridized carbons (Fsp3) is 0.400. The lowest BCUT2D eigenvalue weighted by Gasteiger charge is -2.32. The number of nitrogens with one attached hydrogen (secondary N) is 1. The summed E-state index contributed by atoms with van der Waals surface area (Å²) in [7, 11) is 0. The third-order valence-corrected chi connectivity index (χ3v) is 5.14. The Morgan fingerprint density at radius 3 is 3.09 bits per heavy atom.